The fourth-order valence-corrected chi connectivity index (χ4v) is 5.93. The van der Waals surface area contributed by atoms with Crippen molar-refractivity contribution in [3.63, 3.8) is 0 Å². The van der Waals surface area contributed by atoms with Crippen molar-refractivity contribution in [1.29, 1.82) is 0 Å². The van der Waals surface area contributed by atoms with E-state index >= 15 is 0 Å². The van der Waals surface area contributed by atoms with Gasteiger partial charge in [-0.2, -0.15) is 0 Å². The zero-order valence-electron chi connectivity index (χ0n) is 21.6. The molecule has 12 heteroatoms. The fraction of sp³-hybridized carbons (Fsp3) is 0.200. The summed E-state index contributed by atoms with van der Waals surface area (Å²) in [4.78, 5) is 0. The number of hydrogen-bond acceptors (Lipinski definition) is 12. The zero-order chi connectivity index (χ0) is 30.1. The minimum Gasteiger partial charge on any atom is -0.508 e. The lowest BCUT2D eigenvalue weighted by molar-refractivity contribution is -0.210. The van der Waals surface area contributed by atoms with Gasteiger partial charge in [-0.05, 0) is 35.4 Å². The summed E-state index contributed by atoms with van der Waals surface area (Å²) in [5, 5.41) is 108. The highest BCUT2D eigenvalue weighted by atomic mass is 16.5. The van der Waals surface area contributed by atoms with Crippen molar-refractivity contribution in [2.75, 3.05) is 0 Å². The van der Waals surface area contributed by atoms with Crippen molar-refractivity contribution in [3.05, 3.63) is 82.9 Å². The third kappa shape index (κ3) is 3.99. The summed E-state index contributed by atoms with van der Waals surface area (Å²) >= 11 is 0. The molecule has 0 amide bonds. The molecular weight excluding hydrogens is 552 g/mol. The Morgan fingerprint density at radius 1 is 0.476 bits per heavy atom. The zero-order valence-corrected chi connectivity index (χ0v) is 21.6. The molecule has 0 aromatic heterocycles. The van der Waals surface area contributed by atoms with Gasteiger partial charge in [-0.15, -0.1) is 0 Å². The van der Waals surface area contributed by atoms with Crippen molar-refractivity contribution in [2.45, 2.75) is 36.3 Å². The van der Waals surface area contributed by atoms with Gasteiger partial charge in [0, 0.05) is 37.1 Å². The highest BCUT2D eigenvalue weighted by Gasteiger charge is 2.62. The van der Waals surface area contributed by atoms with E-state index in [1.807, 2.05) is 0 Å². The van der Waals surface area contributed by atoms with Crippen molar-refractivity contribution >= 4 is 0 Å². The largest absolute Gasteiger partial charge is 0.508 e. The first-order valence-corrected chi connectivity index (χ1v) is 12.8. The number of phenols is 8. The van der Waals surface area contributed by atoms with E-state index in [1.165, 1.54) is 36.4 Å². The smallest absolute Gasteiger partial charge is 0.157 e. The Labute approximate surface area is 237 Å². The molecule has 12 nitrogen and oxygen atoms in total. The van der Waals surface area contributed by atoms with Crippen LogP contribution in [0.15, 0.2) is 60.7 Å². The topological polar surface area (TPSA) is 221 Å². The minimum absolute atomic E-state index is 0.225. The maximum Gasteiger partial charge on any atom is 0.157 e. The Morgan fingerprint density at radius 3 is 1.21 bits per heavy atom. The van der Waals surface area contributed by atoms with Gasteiger partial charge in [-0.3, -0.25) is 0 Å². The number of ether oxygens (including phenoxy) is 2. The molecule has 0 bridgehead atoms. The number of phenolic OH excluding ortho intramolecular Hbond substituents is 8. The van der Waals surface area contributed by atoms with Gasteiger partial charge in [0.1, 0.15) is 57.9 Å². The normalized spacial score (nSPS) is 24.6. The summed E-state index contributed by atoms with van der Waals surface area (Å²) in [7, 11) is 0. The minimum atomic E-state index is -2.51. The van der Waals surface area contributed by atoms with Crippen molar-refractivity contribution in [2.24, 2.45) is 0 Å². The molecule has 4 aromatic rings. The van der Waals surface area contributed by atoms with Gasteiger partial charge in [0.15, 0.2) is 23.0 Å². The fourth-order valence-electron chi connectivity index (χ4n) is 5.93. The van der Waals surface area contributed by atoms with Crippen LogP contribution in [0.5, 0.6) is 57.5 Å². The second-order valence-corrected chi connectivity index (χ2v) is 10.5. The lowest BCUT2D eigenvalue weighted by Gasteiger charge is -2.51. The predicted octanol–water partition coefficient (Wildman–Crippen LogP) is 3.45. The second kappa shape index (κ2) is 9.16. The first-order valence-electron chi connectivity index (χ1n) is 12.8. The predicted molar refractivity (Wildman–Crippen MR) is 143 cm³/mol. The van der Waals surface area contributed by atoms with Gasteiger partial charge in [-0.1, -0.05) is 12.1 Å². The van der Waals surface area contributed by atoms with Crippen molar-refractivity contribution in [3.8, 4) is 57.5 Å². The van der Waals surface area contributed by atoms with Crippen LogP contribution in [-0.4, -0.2) is 51.1 Å². The Balaban J connectivity index is 1.60. The van der Waals surface area contributed by atoms with Gasteiger partial charge < -0.3 is 60.5 Å². The summed E-state index contributed by atoms with van der Waals surface area (Å²) in [6.45, 7) is 0. The van der Waals surface area contributed by atoms with E-state index in [-0.39, 0.29) is 33.8 Å². The van der Waals surface area contributed by atoms with E-state index in [0.29, 0.717) is 0 Å². The van der Waals surface area contributed by atoms with Crippen LogP contribution in [0, 0.1) is 0 Å². The highest BCUT2D eigenvalue weighted by Crippen LogP contribution is 2.63. The van der Waals surface area contributed by atoms with E-state index in [2.05, 4.69) is 0 Å². The molecule has 2 aliphatic heterocycles. The first-order chi connectivity index (χ1) is 19.8. The van der Waals surface area contributed by atoms with Crippen LogP contribution in [-0.2, 0) is 11.2 Å². The number of benzene rings is 4. The summed E-state index contributed by atoms with van der Waals surface area (Å²) in [6, 6.07) is 11.7. The maximum absolute atomic E-state index is 12.6. The summed E-state index contributed by atoms with van der Waals surface area (Å²) in [5.41, 5.74) is -5.17. The van der Waals surface area contributed by atoms with Crippen LogP contribution < -0.4 is 9.47 Å². The lowest BCUT2D eigenvalue weighted by Crippen LogP contribution is -2.55. The van der Waals surface area contributed by atoms with E-state index in [1.54, 1.807) is 0 Å². The lowest BCUT2D eigenvalue weighted by atomic mass is 9.64. The van der Waals surface area contributed by atoms with E-state index in [9.17, 15) is 51.1 Å². The van der Waals surface area contributed by atoms with E-state index < -0.39 is 82.2 Å². The van der Waals surface area contributed by atoms with Crippen LogP contribution >= 0.6 is 0 Å². The number of aromatic hydroxyl groups is 8. The quantitative estimate of drug-likeness (QED) is 0.158. The standard InChI is InChI=1S/C30H26O12/c31-15-7-21(37)27-23(9-15)41-25(13-1-3-17(33)19(35)5-13)11-29(27,39)30(40)12-26(14-2-4-18(34)20(36)6-14)42-24-10-16(32)8-22(38)28(24)30/h1-10,25-26,31-40H,11-12H2. The molecule has 4 aromatic carbocycles. The molecule has 0 fully saturated rings. The number of fused-ring (bicyclic) bond motifs is 2. The number of hydrogen-bond donors (Lipinski definition) is 10. The molecule has 2 heterocycles. The van der Waals surface area contributed by atoms with Gasteiger partial charge >= 0.3 is 0 Å². The summed E-state index contributed by atoms with van der Waals surface area (Å²) in [5.74, 6) is -4.38. The number of rotatable bonds is 3. The molecule has 0 spiro atoms. The Kier molecular flexibility index (Phi) is 5.89. The van der Waals surface area contributed by atoms with Crippen LogP contribution in [0.25, 0.3) is 0 Å². The molecule has 0 aliphatic carbocycles. The molecule has 0 saturated heterocycles. The van der Waals surface area contributed by atoms with E-state index in [4.69, 9.17) is 9.47 Å². The summed E-state index contributed by atoms with van der Waals surface area (Å²) < 4.78 is 12.0. The molecule has 4 unspecified atom stereocenters. The Hall–Kier alpha value is -5.20. The molecule has 2 aliphatic rings. The third-order valence-corrected chi connectivity index (χ3v) is 7.89. The van der Waals surface area contributed by atoms with Gasteiger partial charge in [-0.25, -0.2) is 0 Å². The molecule has 10 N–H and O–H groups in total. The third-order valence-electron chi connectivity index (χ3n) is 7.89. The van der Waals surface area contributed by atoms with Crippen LogP contribution in [0.4, 0.5) is 0 Å². The van der Waals surface area contributed by atoms with Gasteiger partial charge in [0.2, 0.25) is 0 Å². The average Bonchev–Trinajstić information content (AvgIpc) is 2.90. The van der Waals surface area contributed by atoms with Crippen molar-refractivity contribution < 1.29 is 60.5 Å². The average molecular weight is 579 g/mol. The van der Waals surface area contributed by atoms with Crippen LogP contribution in [0.3, 0.4) is 0 Å². The Bertz CT molecular complexity index is 1610. The monoisotopic (exact) mass is 578 g/mol. The van der Waals surface area contributed by atoms with Crippen LogP contribution in [0.1, 0.15) is 47.3 Å². The first kappa shape index (κ1) is 27.0. The molecule has 6 rings (SSSR count). The Morgan fingerprint density at radius 2 is 0.857 bits per heavy atom. The maximum atomic E-state index is 12.6. The van der Waals surface area contributed by atoms with Crippen LogP contribution in [0.2, 0.25) is 0 Å². The highest BCUT2D eigenvalue weighted by molar-refractivity contribution is 5.61. The molecule has 0 radical (unpaired) electrons. The molecular formula is C30H26O12. The SMILES string of the molecule is Oc1cc(O)c2c(c1)OC(c1ccc(O)c(O)c1)CC2(O)C1(O)CC(c2ccc(O)c(O)c2)Oc2cc(O)cc(O)c21. The molecule has 4 atom stereocenters. The number of aliphatic hydroxyl groups is 2. The van der Waals surface area contributed by atoms with Crippen molar-refractivity contribution in [1.82, 2.24) is 0 Å². The van der Waals surface area contributed by atoms with Gasteiger partial charge in [0.05, 0.1) is 11.1 Å². The molecule has 0 saturated carbocycles. The van der Waals surface area contributed by atoms with Gasteiger partial charge in [0.25, 0.3) is 0 Å². The van der Waals surface area contributed by atoms with E-state index in [0.717, 1.165) is 24.3 Å². The molecule has 218 valence electrons. The molecule has 42 heavy (non-hydrogen) atoms. The second-order valence-electron chi connectivity index (χ2n) is 10.5. The summed E-state index contributed by atoms with van der Waals surface area (Å²) in [6.07, 6.45) is -3.26.